The third-order valence-electron chi connectivity index (χ3n) is 6.25. The number of rotatable bonds is 3. The van der Waals surface area contributed by atoms with E-state index in [0.29, 0.717) is 0 Å². The second-order valence-electron chi connectivity index (χ2n) is 7.57. The minimum Gasteiger partial charge on any atom is -0.469 e. The summed E-state index contributed by atoms with van der Waals surface area (Å²) < 4.78 is 5.44. The van der Waals surface area contributed by atoms with E-state index >= 15 is 0 Å². The van der Waals surface area contributed by atoms with Crippen LogP contribution in [0.1, 0.15) is 36.6 Å². The van der Waals surface area contributed by atoms with Crippen LogP contribution in [0.25, 0.3) is 0 Å². The summed E-state index contributed by atoms with van der Waals surface area (Å²) in [6.45, 7) is -0.173. The van der Waals surface area contributed by atoms with Gasteiger partial charge in [0.25, 0.3) is 0 Å². The number of nitrogens with one attached hydrogen (secondary N) is 1. The molecule has 0 unspecified atom stereocenters. The number of likely N-dealkylation sites (tertiary alicyclic amines) is 1. The first-order valence-corrected chi connectivity index (χ1v) is 9.02. The van der Waals surface area contributed by atoms with Gasteiger partial charge in [0.2, 0.25) is 17.7 Å². The molecule has 130 valence electrons. The zero-order valence-corrected chi connectivity index (χ0v) is 13.8. The number of aryl methyl sites for hydroxylation is 1. The van der Waals surface area contributed by atoms with Crippen molar-refractivity contribution in [2.45, 2.75) is 31.7 Å². The summed E-state index contributed by atoms with van der Waals surface area (Å²) in [7, 11) is 0. The summed E-state index contributed by atoms with van der Waals surface area (Å²) >= 11 is 0. The Morgan fingerprint density at radius 3 is 2.64 bits per heavy atom. The van der Waals surface area contributed by atoms with E-state index in [-0.39, 0.29) is 54.0 Å². The van der Waals surface area contributed by atoms with Gasteiger partial charge in [-0.1, -0.05) is 12.2 Å². The largest absolute Gasteiger partial charge is 0.469 e. The van der Waals surface area contributed by atoms with Gasteiger partial charge < -0.3 is 9.73 Å². The average molecular weight is 340 g/mol. The lowest BCUT2D eigenvalue weighted by Crippen LogP contribution is -2.43. The molecule has 25 heavy (non-hydrogen) atoms. The molecule has 2 fully saturated rings. The van der Waals surface area contributed by atoms with Crippen molar-refractivity contribution in [1.29, 1.82) is 0 Å². The van der Waals surface area contributed by atoms with Gasteiger partial charge in [-0.05, 0) is 37.2 Å². The maximum Gasteiger partial charge on any atom is 0.240 e. The number of carbonyl (C=O) groups is 3. The molecule has 0 spiro atoms. The van der Waals surface area contributed by atoms with Gasteiger partial charge in [-0.3, -0.25) is 19.3 Å². The molecule has 5 atom stereocenters. The van der Waals surface area contributed by atoms with Gasteiger partial charge in [-0.2, -0.15) is 0 Å². The highest BCUT2D eigenvalue weighted by Crippen LogP contribution is 2.52. The summed E-state index contributed by atoms with van der Waals surface area (Å²) in [5.41, 5.74) is 1.01. The van der Waals surface area contributed by atoms with Crippen molar-refractivity contribution in [1.82, 2.24) is 10.2 Å². The van der Waals surface area contributed by atoms with Gasteiger partial charge in [0.15, 0.2) is 0 Å². The summed E-state index contributed by atoms with van der Waals surface area (Å²) in [4.78, 5) is 39.0. The summed E-state index contributed by atoms with van der Waals surface area (Å²) in [5.74, 6) is 0.154. The molecule has 0 radical (unpaired) electrons. The number of amides is 3. The molecule has 2 heterocycles. The summed E-state index contributed by atoms with van der Waals surface area (Å²) in [6, 6.07) is 1.79. The Labute approximate surface area is 145 Å². The molecular formula is C19H20N2O4. The molecular weight excluding hydrogens is 320 g/mol. The maximum atomic E-state index is 12.6. The predicted octanol–water partition coefficient (Wildman–Crippen LogP) is 1.58. The first-order chi connectivity index (χ1) is 12.1. The standard InChI is InChI=1S/C19H20N2O4/c22-15(20-13-2-1-3-14-12(13)6-7-25-14)9-21-18(23)16-10-4-5-11(8-10)17(16)19(21)24/h4-7,10-11,13,16-17H,1-3,8-9H2,(H,20,22)/t10-,11-,13-,16+,17+/m0/s1. The molecule has 0 aromatic carbocycles. The zero-order chi connectivity index (χ0) is 17.1. The number of furan rings is 1. The van der Waals surface area contributed by atoms with E-state index in [1.165, 1.54) is 4.90 Å². The molecule has 1 saturated carbocycles. The van der Waals surface area contributed by atoms with Gasteiger partial charge >= 0.3 is 0 Å². The molecule has 2 bridgehead atoms. The van der Waals surface area contributed by atoms with Crippen LogP contribution in [0.2, 0.25) is 0 Å². The Morgan fingerprint density at radius 1 is 1.20 bits per heavy atom. The lowest BCUT2D eigenvalue weighted by molar-refractivity contribution is -0.144. The Bertz CT molecular complexity index is 765. The van der Waals surface area contributed by atoms with Crippen LogP contribution in [0.4, 0.5) is 0 Å². The van der Waals surface area contributed by atoms with Crippen LogP contribution >= 0.6 is 0 Å². The molecule has 1 N–H and O–H groups in total. The number of hydrogen-bond donors (Lipinski definition) is 1. The fourth-order valence-corrected chi connectivity index (χ4v) is 5.14. The second-order valence-corrected chi connectivity index (χ2v) is 7.57. The fourth-order valence-electron chi connectivity index (χ4n) is 5.14. The van der Waals surface area contributed by atoms with Crippen molar-refractivity contribution in [2.24, 2.45) is 23.7 Å². The number of nitrogens with zero attached hydrogens (tertiary/aromatic N) is 1. The molecule has 4 aliphatic rings. The lowest BCUT2D eigenvalue weighted by atomic mass is 9.85. The number of carbonyl (C=O) groups excluding carboxylic acids is 3. The van der Waals surface area contributed by atoms with E-state index in [0.717, 1.165) is 37.0 Å². The molecule has 5 rings (SSSR count). The minimum atomic E-state index is -0.277. The molecule has 6 heteroatoms. The monoisotopic (exact) mass is 340 g/mol. The fraction of sp³-hybridized carbons (Fsp3) is 0.526. The third kappa shape index (κ3) is 2.12. The molecule has 1 aliphatic heterocycles. The van der Waals surface area contributed by atoms with Crippen LogP contribution < -0.4 is 5.32 Å². The van der Waals surface area contributed by atoms with Gasteiger partial charge in [0, 0.05) is 12.0 Å². The Kier molecular flexibility index (Phi) is 3.17. The quantitative estimate of drug-likeness (QED) is 0.669. The van der Waals surface area contributed by atoms with Crippen LogP contribution in [0.3, 0.4) is 0 Å². The van der Waals surface area contributed by atoms with E-state index in [4.69, 9.17) is 4.42 Å². The first-order valence-electron chi connectivity index (χ1n) is 9.02. The highest BCUT2D eigenvalue weighted by atomic mass is 16.3. The van der Waals surface area contributed by atoms with Crippen molar-refractivity contribution in [3.8, 4) is 0 Å². The van der Waals surface area contributed by atoms with Crippen LogP contribution in [0, 0.1) is 23.7 Å². The van der Waals surface area contributed by atoms with Crippen LogP contribution in [0.5, 0.6) is 0 Å². The van der Waals surface area contributed by atoms with Crippen molar-refractivity contribution >= 4 is 17.7 Å². The van der Waals surface area contributed by atoms with Crippen LogP contribution in [0.15, 0.2) is 28.9 Å². The second kappa shape index (κ2) is 5.31. The Hall–Kier alpha value is -2.37. The molecule has 1 saturated heterocycles. The van der Waals surface area contributed by atoms with Crippen LogP contribution in [-0.4, -0.2) is 29.2 Å². The minimum absolute atomic E-state index is 0.0971. The van der Waals surface area contributed by atoms with Crippen molar-refractivity contribution < 1.29 is 18.8 Å². The smallest absolute Gasteiger partial charge is 0.240 e. The molecule has 1 aromatic heterocycles. The van der Waals surface area contributed by atoms with E-state index in [1.54, 1.807) is 6.26 Å². The van der Waals surface area contributed by atoms with Gasteiger partial charge in [-0.25, -0.2) is 0 Å². The topological polar surface area (TPSA) is 79.6 Å². The number of fused-ring (bicyclic) bond motifs is 6. The third-order valence-corrected chi connectivity index (χ3v) is 6.25. The van der Waals surface area contributed by atoms with Gasteiger partial charge in [0.05, 0.1) is 24.1 Å². The maximum absolute atomic E-state index is 12.6. The van der Waals surface area contributed by atoms with Crippen LogP contribution in [-0.2, 0) is 20.8 Å². The molecule has 6 nitrogen and oxygen atoms in total. The zero-order valence-electron chi connectivity index (χ0n) is 13.8. The lowest BCUT2D eigenvalue weighted by Gasteiger charge is -2.24. The van der Waals surface area contributed by atoms with Gasteiger partial charge in [-0.15, -0.1) is 0 Å². The summed E-state index contributed by atoms with van der Waals surface area (Å²) in [6.07, 6.45) is 9.35. The highest BCUT2D eigenvalue weighted by Gasteiger charge is 2.59. The Morgan fingerprint density at radius 2 is 1.92 bits per heavy atom. The van der Waals surface area contributed by atoms with E-state index in [9.17, 15) is 14.4 Å². The van der Waals surface area contributed by atoms with Crippen molar-refractivity contribution in [3.63, 3.8) is 0 Å². The number of hydrogen-bond acceptors (Lipinski definition) is 4. The first kappa shape index (κ1) is 14.9. The molecule has 3 amide bonds. The van der Waals surface area contributed by atoms with E-state index in [1.807, 2.05) is 6.07 Å². The van der Waals surface area contributed by atoms with E-state index < -0.39 is 0 Å². The highest BCUT2D eigenvalue weighted by molar-refractivity contribution is 6.08. The normalized spacial score (nSPS) is 35.2. The predicted molar refractivity (Wildman–Crippen MR) is 87.0 cm³/mol. The Balaban J connectivity index is 1.28. The van der Waals surface area contributed by atoms with Crippen molar-refractivity contribution in [2.75, 3.05) is 6.54 Å². The molecule has 1 aromatic rings. The molecule has 3 aliphatic carbocycles. The van der Waals surface area contributed by atoms with Crippen molar-refractivity contribution in [3.05, 3.63) is 35.8 Å². The number of imide groups is 1. The van der Waals surface area contributed by atoms with E-state index in [2.05, 4.69) is 17.5 Å². The summed E-state index contributed by atoms with van der Waals surface area (Å²) in [5, 5.41) is 2.97. The SMILES string of the molecule is O=C(CN1C(=O)[C@H]2[C@H](C1=O)[C@H]1C=C[C@H]2C1)N[C@H]1CCCc2occc21. The van der Waals surface area contributed by atoms with Gasteiger partial charge in [0.1, 0.15) is 12.3 Å². The number of allylic oxidation sites excluding steroid dienone is 2. The average Bonchev–Trinajstić information content (AvgIpc) is 3.35.